The largest absolute Gasteiger partial charge is 0.432 e. The van der Waals surface area contributed by atoms with Gasteiger partial charge in [0, 0.05) is 38.4 Å². The van der Waals surface area contributed by atoms with E-state index in [1.807, 2.05) is 0 Å². The SMILES string of the molecule is CC(C)C[Si](O)(CC(C)C)CC(C)C.CC(C)C[Si](O)(CC(C)C)CC(C)C.CC(C)O.CC(C)O.[Zr]. The summed E-state index contributed by atoms with van der Waals surface area (Å²) in [5, 5.41) is 16.1. The van der Waals surface area contributed by atoms with Gasteiger partial charge in [0.1, 0.15) is 0 Å². The third-order valence-corrected chi connectivity index (χ3v) is 14.2. The molecule has 228 valence electrons. The number of hydrogen-bond donors (Lipinski definition) is 4. The normalized spacial score (nSPS) is 12.0. The Hall–Kier alpha value is 1.16. The molecule has 0 aliphatic heterocycles. The minimum atomic E-state index is -1.94. The molecule has 37 heavy (non-hydrogen) atoms. The van der Waals surface area contributed by atoms with Gasteiger partial charge in [-0.05, 0) is 99.5 Å². The predicted molar refractivity (Wildman–Crippen MR) is 169 cm³/mol. The second kappa shape index (κ2) is 26.1. The second-order valence-corrected chi connectivity index (χ2v) is 21.6. The first-order chi connectivity index (χ1) is 16.0. The number of rotatable bonds is 12. The van der Waals surface area contributed by atoms with Crippen LogP contribution in [0.25, 0.3) is 0 Å². The Morgan fingerprint density at radius 2 is 0.432 bits per heavy atom. The van der Waals surface area contributed by atoms with E-state index in [-0.39, 0.29) is 38.4 Å². The first-order valence-corrected chi connectivity index (χ1v) is 19.9. The van der Waals surface area contributed by atoms with Crippen LogP contribution in [0.3, 0.4) is 0 Å². The molecular weight excluding hydrogens is 572 g/mol. The van der Waals surface area contributed by atoms with Crippen molar-refractivity contribution in [1.82, 2.24) is 0 Å². The summed E-state index contributed by atoms with van der Waals surface area (Å²) in [5.74, 6) is 3.86. The van der Waals surface area contributed by atoms with Gasteiger partial charge < -0.3 is 19.8 Å². The van der Waals surface area contributed by atoms with Crippen molar-refractivity contribution in [1.29, 1.82) is 0 Å². The molecule has 0 spiro atoms. The Morgan fingerprint density at radius 1 is 0.351 bits per heavy atom. The van der Waals surface area contributed by atoms with Crippen LogP contribution in [0.5, 0.6) is 0 Å². The molecule has 0 rings (SSSR count). The average molecular weight is 644 g/mol. The van der Waals surface area contributed by atoms with Crippen LogP contribution in [0.15, 0.2) is 0 Å². The zero-order chi connectivity index (χ0) is 29.9. The molecule has 7 heteroatoms. The summed E-state index contributed by atoms with van der Waals surface area (Å²) >= 11 is 0. The van der Waals surface area contributed by atoms with Crippen LogP contribution in [-0.4, -0.2) is 48.6 Å². The molecule has 0 aliphatic rings. The van der Waals surface area contributed by atoms with Gasteiger partial charge in [0.25, 0.3) is 0 Å². The summed E-state index contributed by atoms with van der Waals surface area (Å²) in [5.41, 5.74) is 0. The van der Waals surface area contributed by atoms with E-state index in [9.17, 15) is 9.59 Å². The minimum absolute atomic E-state index is 0. The molecule has 0 heterocycles. The third kappa shape index (κ3) is 47.3. The Labute approximate surface area is 256 Å². The molecule has 0 aromatic rings. The summed E-state index contributed by atoms with van der Waals surface area (Å²) < 4.78 is 0. The van der Waals surface area contributed by atoms with Crippen molar-refractivity contribution in [2.75, 3.05) is 0 Å². The Morgan fingerprint density at radius 3 is 0.486 bits per heavy atom. The minimum Gasteiger partial charge on any atom is -0.432 e. The summed E-state index contributed by atoms with van der Waals surface area (Å²) in [7, 11) is -3.88. The number of aliphatic hydroxyl groups excluding tert-OH is 2. The Balaban J connectivity index is -0.000000140. The molecule has 0 atom stereocenters. The number of aliphatic hydroxyl groups is 2. The summed E-state index contributed by atoms with van der Waals surface area (Å²) in [6.45, 7) is 33.5. The van der Waals surface area contributed by atoms with Gasteiger partial charge in [-0.1, -0.05) is 83.1 Å². The van der Waals surface area contributed by atoms with Crippen LogP contribution in [0.4, 0.5) is 0 Å². The first-order valence-electron chi connectivity index (χ1n) is 14.8. The van der Waals surface area contributed by atoms with E-state index < -0.39 is 16.6 Å². The van der Waals surface area contributed by atoms with Crippen LogP contribution < -0.4 is 0 Å². The quantitative estimate of drug-likeness (QED) is 0.161. The fourth-order valence-corrected chi connectivity index (χ4v) is 15.2. The smallest absolute Gasteiger partial charge is 0.189 e. The summed E-state index contributed by atoms with van der Waals surface area (Å²) in [4.78, 5) is 21.3. The van der Waals surface area contributed by atoms with Crippen molar-refractivity contribution in [3.63, 3.8) is 0 Å². The van der Waals surface area contributed by atoms with Crippen LogP contribution in [0.2, 0.25) is 36.3 Å². The average Bonchev–Trinajstić information content (AvgIpc) is 2.47. The monoisotopic (exact) mass is 642 g/mol. The standard InChI is InChI=1S/2C12H28OSi.2C3H8O.Zr/c2*1-10(2)7-14(13,8-11(3)4)9-12(5)6;2*1-3(2)4;/h2*10-13H,7-9H2,1-6H3;2*3-4H,1-2H3;. The van der Waals surface area contributed by atoms with Gasteiger partial charge in [-0.15, -0.1) is 0 Å². The molecular formula is C30H72O4Si2Zr. The van der Waals surface area contributed by atoms with E-state index in [4.69, 9.17) is 10.2 Å². The predicted octanol–water partition coefficient (Wildman–Crippen LogP) is 8.56. The third-order valence-electron chi connectivity index (χ3n) is 4.73. The molecule has 0 aromatic heterocycles. The van der Waals surface area contributed by atoms with Gasteiger partial charge in [-0.3, -0.25) is 0 Å². The van der Waals surface area contributed by atoms with Crippen LogP contribution >= 0.6 is 0 Å². The molecule has 0 radical (unpaired) electrons. The topological polar surface area (TPSA) is 80.9 Å². The Bertz CT molecular complexity index is 368. The van der Waals surface area contributed by atoms with Crippen LogP contribution in [0.1, 0.15) is 111 Å². The van der Waals surface area contributed by atoms with Crippen molar-refractivity contribution >= 4 is 16.6 Å². The van der Waals surface area contributed by atoms with E-state index in [0.717, 1.165) is 36.3 Å². The van der Waals surface area contributed by atoms with E-state index in [1.54, 1.807) is 27.7 Å². The molecule has 4 nitrogen and oxygen atoms in total. The van der Waals surface area contributed by atoms with Crippen molar-refractivity contribution in [3.8, 4) is 0 Å². The molecule has 0 amide bonds. The van der Waals surface area contributed by atoms with Crippen molar-refractivity contribution in [3.05, 3.63) is 0 Å². The van der Waals surface area contributed by atoms with Gasteiger partial charge in [0.05, 0.1) is 0 Å². The van der Waals surface area contributed by atoms with Crippen LogP contribution in [0, 0.1) is 35.5 Å². The summed E-state index contributed by atoms with van der Waals surface area (Å²) in [6, 6.07) is 6.44. The molecule has 0 saturated heterocycles. The van der Waals surface area contributed by atoms with Gasteiger partial charge in [0.15, 0.2) is 16.6 Å². The maximum atomic E-state index is 10.7. The van der Waals surface area contributed by atoms with Crippen molar-refractivity contribution in [2.45, 2.75) is 159 Å². The number of hydrogen-bond acceptors (Lipinski definition) is 4. The Kier molecular flexibility index (Phi) is 33.8. The maximum Gasteiger partial charge on any atom is 0.189 e. The van der Waals surface area contributed by atoms with Gasteiger partial charge in [-0.2, -0.15) is 0 Å². The van der Waals surface area contributed by atoms with Gasteiger partial charge in [-0.25, -0.2) is 0 Å². The first kappa shape index (κ1) is 47.9. The summed E-state index contributed by atoms with van der Waals surface area (Å²) in [6.07, 6.45) is -0.333. The van der Waals surface area contributed by atoms with Gasteiger partial charge in [0.2, 0.25) is 0 Å². The molecule has 0 saturated carbocycles. The van der Waals surface area contributed by atoms with Crippen molar-refractivity contribution in [2.24, 2.45) is 35.5 Å². The van der Waals surface area contributed by atoms with E-state index in [1.165, 1.54) is 0 Å². The molecule has 0 aliphatic carbocycles. The fourth-order valence-electron chi connectivity index (χ4n) is 5.06. The van der Waals surface area contributed by atoms with Crippen molar-refractivity contribution < 1.29 is 46.0 Å². The fraction of sp³-hybridized carbons (Fsp3) is 1.00. The van der Waals surface area contributed by atoms with E-state index in [2.05, 4.69) is 83.1 Å². The molecule has 0 fully saturated rings. The van der Waals surface area contributed by atoms with E-state index >= 15 is 0 Å². The molecule has 0 unspecified atom stereocenters. The van der Waals surface area contributed by atoms with E-state index in [0.29, 0.717) is 35.5 Å². The zero-order valence-corrected chi connectivity index (χ0v) is 32.6. The maximum absolute atomic E-state index is 10.7. The van der Waals surface area contributed by atoms with Gasteiger partial charge >= 0.3 is 0 Å². The zero-order valence-electron chi connectivity index (χ0n) is 28.2. The molecule has 0 aromatic carbocycles. The molecule has 4 N–H and O–H groups in total. The van der Waals surface area contributed by atoms with Crippen LogP contribution in [-0.2, 0) is 26.2 Å². The molecule has 0 bridgehead atoms. The second-order valence-electron chi connectivity index (χ2n) is 14.2.